The summed E-state index contributed by atoms with van der Waals surface area (Å²) in [4.78, 5) is 0. The Balaban J connectivity index is 2.25. The Hall–Kier alpha value is -1.02. The van der Waals surface area contributed by atoms with Crippen LogP contribution in [0.4, 0.5) is 0 Å². The van der Waals surface area contributed by atoms with E-state index in [9.17, 15) is 0 Å². The summed E-state index contributed by atoms with van der Waals surface area (Å²) >= 11 is 0. The number of nitrogens with one attached hydrogen (secondary N) is 1. The second-order valence-electron chi connectivity index (χ2n) is 4.24. The van der Waals surface area contributed by atoms with Gasteiger partial charge < -0.3 is 10.1 Å². The number of benzene rings is 1. The van der Waals surface area contributed by atoms with Crippen LogP contribution in [0.1, 0.15) is 32.3 Å². The number of aryl methyl sites for hydroxylation is 1. The van der Waals surface area contributed by atoms with Gasteiger partial charge in [0.1, 0.15) is 5.75 Å². The van der Waals surface area contributed by atoms with Gasteiger partial charge in [0.25, 0.3) is 0 Å². The molecule has 0 saturated carbocycles. The SMILES string of the molecule is CCNCCCC(C)Oc1cccc(C)c1. The van der Waals surface area contributed by atoms with Gasteiger partial charge in [-0.3, -0.25) is 0 Å². The highest BCUT2D eigenvalue weighted by atomic mass is 16.5. The lowest BCUT2D eigenvalue weighted by atomic mass is 10.2. The van der Waals surface area contributed by atoms with Gasteiger partial charge in [0.15, 0.2) is 0 Å². The minimum atomic E-state index is 0.292. The molecule has 0 aliphatic heterocycles. The normalized spacial score (nSPS) is 12.4. The molecule has 2 heteroatoms. The van der Waals surface area contributed by atoms with Crippen LogP contribution >= 0.6 is 0 Å². The predicted octanol–water partition coefficient (Wildman–Crippen LogP) is 3.15. The Morgan fingerprint density at radius 2 is 2.19 bits per heavy atom. The first-order chi connectivity index (χ1) is 7.72. The monoisotopic (exact) mass is 221 g/mol. The van der Waals surface area contributed by atoms with E-state index in [1.807, 2.05) is 12.1 Å². The van der Waals surface area contributed by atoms with Crippen LogP contribution in [0, 0.1) is 6.92 Å². The summed E-state index contributed by atoms with van der Waals surface area (Å²) < 4.78 is 5.85. The molecule has 0 radical (unpaired) electrons. The molecule has 1 atom stereocenters. The van der Waals surface area contributed by atoms with Crippen LogP contribution in [-0.2, 0) is 0 Å². The van der Waals surface area contributed by atoms with Gasteiger partial charge in [-0.15, -0.1) is 0 Å². The fraction of sp³-hybridized carbons (Fsp3) is 0.571. The first-order valence-corrected chi connectivity index (χ1v) is 6.16. The molecular formula is C14H23NO. The van der Waals surface area contributed by atoms with Crippen molar-refractivity contribution < 1.29 is 4.74 Å². The summed E-state index contributed by atoms with van der Waals surface area (Å²) in [5, 5.41) is 3.32. The molecule has 0 aliphatic carbocycles. The van der Waals surface area contributed by atoms with E-state index in [0.717, 1.165) is 25.3 Å². The van der Waals surface area contributed by atoms with E-state index >= 15 is 0 Å². The highest BCUT2D eigenvalue weighted by Gasteiger charge is 2.03. The molecule has 0 bridgehead atoms. The molecular weight excluding hydrogens is 198 g/mol. The van der Waals surface area contributed by atoms with E-state index in [2.05, 4.69) is 38.2 Å². The van der Waals surface area contributed by atoms with Crippen molar-refractivity contribution in [3.8, 4) is 5.75 Å². The van der Waals surface area contributed by atoms with Crippen molar-refractivity contribution in [2.24, 2.45) is 0 Å². The Bertz CT molecular complexity index is 299. The molecule has 0 aromatic heterocycles. The lowest BCUT2D eigenvalue weighted by Gasteiger charge is -2.15. The molecule has 16 heavy (non-hydrogen) atoms. The molecule has 0 aliphatic rings. The van der Waals surface area contributed by atoms with Crippen LogP contribution in [0.15, 0.2) is 24.3 Å². The average Bonchev–Trinajstić information content (AvgIpc) is 2.24. The quantitative estimate of drug-likeness (QED) is 0.714. The number of ether oxygens (including phenoxy) is 1. The third kappa shape index (κ3) is 5.17. The molecule has 0 saturated heterocycles. The summed E-state index contributed by atoms with van der Waals surface area (Å²) in [5.74, 6) is 0.982. The van der Waals surface area contributed by atoms with Gasteiger partial charge >= 0.3 is 0 Å². The van der Waals surface area contributed by atoms with E-state index in [4.69, 9.17) is 4.74 Å². The number of hydrogen-bond donors (Lipinski definition) is 1. The van der Waals surface area contributed by atoms with E-state index < -0.39 is 0 Å². The summed E-state index contributed by atoms with van der Waals surface area (Å²) in [6.07, 6.45) is 2.56. The molecule has 0 amide bonds. The Kier molecular flexibility index (Phi) is 5.94. The zero-order valence-electron chi connectivity index (χ0n) is 10.6. The second kappa shape index (κ2) is 7.29. The van der Waals surface area contributed by atoms with Crippen LogP contribution < -0.4 is 10.1 Å². The van der Waals surface area contributed by atoms with Crippen molar-refractivity contribution in [3.05, 3.63) is 29.8 Å². The largest absolute Gasteiger partial charge is 0.491 e. The van der Waals surface area contributed by atoms with E-state index in [1.54, 1.807) is 0 Å². The minimum absolute atomic E-state index is 0.292. The van der Waals surface area contributed by atoms with Crippen LogP contribution in [0.25, 0.3) is 0 Å². The maximum atomic E-state index is 5.85. The summed E-state index contributed by atoms with van der Waals surface area (Å²) in [6, 6.07) is 8.23. The van der Waals surface area contributed by atoms with Gasteiger partial charge in [-0.1, -0.05) is 19.1 Å². The molecule has 0 heterocycles. The number of hydrogen-bond acceptors (Lipinski definition) is 2. The van der Waals surface area contributed by atoms with Crippen molar-refractivity contribution >= 4 is 0 Å². The summed E-state index contributed by atoms with van der Waals surface area (Å²) in [6.45, 7) is 8.48. The van der Waals surface area contributed by atoms with Crippen molar-refractivity contribution in [1.29, 1.82) is 0 Å². The van der Waals surface area contributed by atoms with Crippen molar-refractivity contribution in [1.82, 2.24) is 5.32 Å². The average molecular weight is 221 g/mol. The van der Waals surface area contributed by atoms with Crippen LogP contribution in [0.3, 0.4) is 0 Å². The third-order valence-electron chi connectivity index (χ3n) is 2.54. The van der Waals surface area contributed by atoms with E-state index in [1.165, 1.54) is 12.0 Å². The second-order valence-corrected chi connectivity index (χ2v) is 4.24. The van der Waals surface area contributed by atoms with Gasteiger partial charge in [0.05, 0.1) is 6.10 Å². The molecule has 1 aromatic carbocycles. The predicted molar refractivity (Wildman–Crippen MR) is 69.0 cm³/mol. The summed E-state index contributed by atoms with van der Waals surface area (Å²) in [7, 11) is 0. The van der Waals surface area contributed by atoms with Crippen molar-refractivity contribution in [3.63, 3.8) is 0 Å². The lowest BCUT2D eigenvalue weighted by Crippen LogP contribution is -2.18. The Morgan fingerprint density at radius 1 is 1.38 bits per heavy atom. The highest BCUT2D eigenvalue weighted by molar-refractivity contribution is 5.27. The minimum Gasteiger partial charge on any atom is -0.491 e. The van der Waals surface area contributed by atoms with Gasteiger partial charge in [0.2, 0.25) is 0 Å². The maximum absolute atomic E-state index is 5.85. The topological polar surface area (TPSA) is 21.3 Å². The van der Waals surface area contributed by atoms with Crippen LogP contribution in [0.2, 0.25) is 0 Å². The molecule has 90 valence electrons. The molecule has 1 N–H and O–H groups in total. The molecule has 2 nitrogen and oxygen atoms in total. The van der Waals surface area contributed by atoms with Gasteiger partial charge in [0, 0.05) is 0 Å². The highest BCUT2D eigenvalue weighted by Crippen LogP contribution is 2.15. The first-order valence-electron chi connectivity index (χ1n) is 6.16. The lowest BCUT2D eigenvalue weighted by molar-refractivity contribution is 0.207. The molecule has 0 spiro atoms. The smallest absolute Gasteiger partial charge is 0.119 e. The molecule has 1 unspecified atom stereocenters. The molecule has 0 fully saturated rings. The van der Waals surface area contributed by atoms with Gasteiger partial charge in [-0.05, 0) is 57.5 Å². The van der Waals surface area contributed by atoms with Crippen molar-refractivity contribution in [2.45, 2.75) is 39.7 Å². The number of rotatable bonds is 7. The third-order valence-corrected chi connectivity index (χ3v) is 2.54. The first kappa shape index (κ1) is 13.0. The Labute approximate surface area is 99.0 Å². The Morgan fingerprint density at radius 3 is 2.88 bits per heavy atom. The van der Waals surface area contributed by atoms with E-state index in [-0.39, 0.29) is 0 Å². The fourth-order valence-electron chi connectivity index (χ4n) is 1.67. The maximum Gasteiger partial charge on any atom is 0.119 e. The van der Waals surface area contributed by atoms with Crippen LogP contribution in [-0.4, -0.2) is 19.2 Å². The molecule has 1 rings (SSSR count). The van der Waals surface area contributed by atoms with E-state index in [0.29, 0.717) is 6.10 Å². The van der Waals surface area contributed by atoms with Crippen LogP contribution in [0.5, 0.6) is 5.75 Å². The molecule has 1 aromatic rings. The zero-order valence-corrected chi connectivity index (χ0v) is 10.6. The van der Waals surface area contributed by atoms with Gasteiger partial charge in [-0.25, -0.2) is 0 Å². The van der Waals surface area contributed by atoms with Gasteiger partial charge in [-0.2, -0.15) is 0 Å². The van der Waals surface area contributed by atoms with Crippen molar-refractivity contribution in [2.75, 3.05) is 13.1 Å². The summed E-state index contributed by atoms with van der Waals surface area (Å²) in [5.41, 5.74) is 1.25. The fourth-order valence-corrected chi connectivity index (χ4v) is 1.67. The zero-order chi connectivity index (χ0) is 11.8. The standard InChI is InChI=1S/C14H23NO/c1-4-15-10-6-8-13(3)16-14-9-5-7-12(2)11-14/h5,7,9,11,13,15H,4,6,8,10H2,1-3H3.